The lowest BCUT2D eigenvalue weighted by Crippen LogP contribution is -2.49. The Morgan fingerprint density at radius 2 is 1.75 bits per heavy atom. The minimum Gasteiger partial charge on any atom is -0.386 e. The minimum atomic E-state index is -0.604. The molecule has 10 nitrogen and oxygen atoms in total. The molecule has 0 bridgehead atoms. The first-order valence-electron chi connectivity index (χ1n) is 11.7. The summed E-state index contributed by atoms with van der Waals surface area (Å²) in [5.74, 6) is 0.292. The van der Waals surface area contributed by atoms with Crippen LogP contribution in [0, 0.1) is 10.1 Å². The van der Waals surface area contributed by atoms with E-state index in [1.807, 2.05) is 48.2 Å². The summed E-state index contributed by atoms with van der Waals surface area (Å²) in [5.41, 5.74) is 0.461. The van der Waals surface area contributed by atoms with Gasteiger partial charge in [0.15, 0.2) is 0 Å². The Labute approximate surface area is 213 Å². The molecular formula is C25H28ClN5O5. The van der Waals surface area contributed by atoms with Gasteiger partial charge in [0.25, 0.3) is 5.91 Å². The standard InChI is InChI=1S/C25H28ClN5O5/c1-27(2)12-5-13-30-21-7-4-3-6-20(21)22(23(25(30)33)31(34)35)28-14-16-29(17-15-28)24(32)18-8-10-19(36-26)11-9-18/h3-4,6-11H,5,12-17H2,1-2H3. The van der Waals surface area contributed by atoms with E-state index in [0.717, 1.165) is 6.54 Å². The summed E-state index contributed by atoms with van der Waals surface area (Å²) in [6.45, 7) is 2.60. The number of nitro groups is 1. The molecule has 0 atom stereocenters. The number of piperazine rings is 1. The summed E-state index contributed by atoms with van der Waals surface area (Å²) in [6, 6.07) is 13.8. The molecule has 4 rings (SSSR count). The van der Waals surface area contributed by atoms with E-state index in [4.69, 9.17) is 11.9 Å². The van der Waals surface area contributed by atoms with Gasteiger partial charge in [-0.05, 0) is 57.4 Å². The van der Waals surface area contributed by atoms with Gasteiger partial charge >= 0.3 is 11.2 Å². The van der Waals surface area contributed by atoms with E-state index in [1.54, 1.807) is 29.2 Å². The third-order valence-electron chi connectivity index (χ3n) is 6.37. The molecule has 1 saturated heterocycles. The van der Waals surface area contributed by atoms with E-state index >= 15 is 0 Å². The number of hydrogen-bond acceptors (Lipinski definition) is 7. The number of benzene rings is 2. The summed E-state index contributed by atoms with van der Waals surface area (Å²) >= 11 is 5.34. The molecule has 0 spiro atoms. The van der Waals surface area contributed by atoms with Crippen molar-refractivity contribution in [3.05, 3.63) is 74.6 Å². The van der Waals surface area contributed by atoms with Crippen LogP contribution in [0.25, 0.3) is 10.9 Å². The number of rotatable bonds is 8. The average molecular weight is 514 g/mol. The molecule has 2 aromatic carbocycles. The normalized spacial score (nSPS) is 13.9. The van der Waals surface area contributed by atoms with Crippen LogP contribution in [0.2, 0.25) is 0 Å². The maximum Gasteiger partial charge on any atom is 0.357 e. The first-order valence-corrected chi connectivity index (χ1v) is 12.0. The number of amides is 1. The molecule has 0 radical (unpaired) electrons. The number of para-hydroxylation sites is 1. The molecule has 36 heavy (non-hydrogen) atoms. The third-order valence-corrected chi connectivity index (χ3v) is 6.54. The van der Waals surface area contributed by atoms with Gasteiger partial charge in [0.1, 0.15) is 23.3 Å². The van der Waals surface area contributed by atoms with Gasteiger partial charge in [0.05, 0.1) is 10.4 Å². The van der Waals surface area contributed by atoms with Gasteiger partial charge in [0, 0.05) is 43.7 Å². The van der Waals surface area contributed by atoms with Crippen LogP contribution < -0.4 is 14.7 Å². The topological polar surface area (TPSA) is 101 Å². The zero-order valence-electron chi connectivity index (χ0n) is 20.2. The zero-order chi connectivity index (χ0) is 25.8. The summed E-state index contributed by atoms with van der Waals surface area (Å²) in [4.78, 5) is 43.4. The van der Waals surface area contributed by atoms with Crippen molar-refractivity contribution in [2.24, 2.45) is 0 Å². The molecule has 190 valence electrons. The van der Waals surface area contributed by atoms with E-state index < -0.39 is 16.2 Å². The van der Waals surface area contributed by atoms with Crippen LogP contribution in [0.5, 0.6) is 5.75 Å². The molecule has 11 heteroatoms. The Kier molecular flexibility index (Phi) is 7.76. The highest BCUT2D eigenvalue weighted by Crippen LogP contribution is 2.34. The van der Waals surface area contributed by atoms with Crippen molar-refractivity contribution in [2.45, 2.75) is 13.0 Å². The number of aromatic nitrogens is 1. The predicted octanol–water partition coefficient (Wildman–Crippen LogP) is 3.36. The molecule has 2 heterocycles. The lowest BCUT2D eigenvalue weighted by Gasteiger charge is -2.36. The summed E-state index contributed by atoms with van der Waals surface area (Å²) in [5, 5.41) is 12.8. The minimum absolute atomic E-state index is 0.147. The number of fused-ring (bicyclic) bond motifs is 1. The van der Waals surface area contributed by atoms with Crippen LogP contribution in [-0.4, -0.2) is 72.0 Å². The number of carbonyl (C=O) groups excluding carboxylic acids is 1. The summed E-state index contributed by atoms with van der Waals surface area (Å²) in [6.07, 6.45) is 0.687. The summed E-state index contributed by atoms with van der Waals surface area (Å²) in [7, 11) is 3.89. The molecule has 1 aromatic heterocycles. The zero-order valence-corrected chi connectivity index (χ0v) is 21.0. The van der Waals surface area contributed by atoms with Crippen molar-refractivity contribution in [3.8, 4) is 5.75 Å². The van der Waals surface area contributed by atoms with E-state index in [1.165, 1.54) is 4.57 Å². The van der Waals surface area contributed by atoms with Crippen molar-refractivity contribution < 1.29 is 14.0 Å². The lowest BCUT2D eigenvalue weighted by molar-refractivity contribution is -0.385. The molecule has 3 aromatic rings. The van der Waals surface area contributed by atoms with E-state index in [0.29, 0.717) is 67.0 Å². The average Bonchev–Trinajstić information content (AvgIpc) is 2.89. The number of anilines is 1. The van der Waals surface area contributed by atoms with Gasteiger partial charge in [-0.2, -0.15) is 0 Å². The van der Waals surface area contributed by atoms with Crippen molar-refractivity contribution in [2.75, 3.05) is 51.7 Å². The maximum absolute atomic E-state index is 13.4. The fourth-order valence-electron chi connectivity index (χ4n) is 4.59. The van der Waals surface area contributed by atoms with Crippen LogP contribution in [0.1, 0.15) is 16.8 Å². The molecular weight excluding hydrogens is 486 g/mol. The highest BCUT2D eigenvalue weighted by molar-refractivity contribution is 6.09. The fourth-order valence-corrected chi connectivity index (χ4v) is 4.69. The van der Waals surface area contributed by atoms with Crippen LogP contribution in [-0.2, 0) is 6.54 Å². The Bertz CT molecular complexity index is 1320. The van der Waals surface area contributed by atoms with Crippen molar-refractivity contribution in [1.29, 1.82) is 0 Å². The van der Waals surface area contributed by atoms with Crippen molar-refractivity contribution in [3.63, 3.8) is 0 Å². The van der Waals surface area contributed by atoms with Crippen LogP contribution in [0.4, 0.5) is 11.4 Å². The van der Waals surface area contributed by atoms with E-state index in [9.17, 15) is 19.7 Å². The highest BCUT2D eigenvalue weighted by atomic mass is 35.5. The predicted molar refractivity (Wildman–Crippen MR) is 139 cm³/mol. The number of hydrogen-bond donors (Lipinski definition) is 0. The Morgan fingerprint density at radius 3 is 2.36 bits per heavy atom. The molecule has 0 aliphatic carbocycles. The quantitative estimate of drug-likeness (QED) is 0.336. The molecule has 1 aliphatic rings. The molecule has 0 saturated carbocycles. The Hall–Kier alpha value is -3.63. The van der Waals surface area contributed by atoms with Crippen LogP contribution >= 0.6 is 11.9 Å². The van der Waals surface area contributed by atoms with Gasteiger partial charge in [-0.3, -0.25) is 19.7 Å². The monoisotopic (exact) mass is 513 g/mol. The Morgan fingerprint density at radius 1 is 1.08 bits per heavy atom. The van der Waals surface area contributed by atoms with Gasteiger partial charge in [0.2, 0.25) is 0 Å². The SMILES string of the molecule is CN(C)CCCn1c(=O)c([N+](=O)[O-])c(N2CCN(C(=O)c3ccc(OCl)cc3)CC2)c2ccccc21. The molecule has 1 aliphatic heterocycles. The fraction of sp³-hybridized carbons (Fsp3) is 0.360. The highest BCUT2D eigenvalue weighted by Gasteiger charge is 2.32. The molecule has 0 N–H and O–H groups in total. The largest absolute Gasteiger partial charge is 0.386 e. The summed E-state index contributed by atoms with van der Waals surface area (Å²) < 4.78 is 6.14. The van der Waals surface area contributed by atoms with Gasteiger partial charge in [-0.25, -0.2) is 0 Å². The number of carbonyl (C=O) groups is 1. The van der Waals surface area contributed by atoms with Gasteiger partial charge in [-0.15, -0.1) is 0 Å². The van der Waals surface area contributed by atoms with Crippen LogP contribution in [0.15, 0.2) is 53.3 Å². The molecule has 1 fully saturated rings. The smallest absolute Gasteiger partial charge is 0.357 e. The second-order valence-electron chi connectivity index (χ2n) is 8.97. The first kappa shape index (κ1) is 25.5. The van der Waals surface area contributed by atoms with E-state index in [2.05, 4.69) is 4.29 Å². The second kappa shape index (κ2) is 11.0. The van der Waals surface area contributed by atoms with Gasteiger partial charge < -0.3 is 23.6 Å². The molecule has 0 unspecified atom stereocenters. The van der Waals surface area contributed by atoms with Crippen molar-refractivity contribution >= 4 is 40.1 Å². The van der Waals surface area contributed by atoms with Gasteiger partial charge in [-0.1, -0.05) is 18.2 Å². The third kappa shape index (κ3) is 5.14. The number of halogens is 1. The number of nitrogens with zero attached hydrogens (tertiary/aromatic N) is 5. The Balaban J connectivity index is 1.64. The molecule has 1 amide bonds. The maximum atomic E-state index is 13.4. The number of pyridine rings is 1. The van der Waals surface area contributed by atoms with Crippen LogP contribution in [0.3, 0.4) is 0 Å². The first-order chi connectivity index (χ1) is 17.3. The second-order valence-corrected chi connectivity index (χ2v) is 9.12. The number of aryl methyl sites for hydroxylation is 1. The lowest BCUT2D eigenvalue weighted by atomic mass is 10.1. The van der Waals surface area contributed by atoms with Crippen molar-refractivity contribution in [1.82, 2.24) is 14.4 Å². The van der Waals surface area contributed by atoms with E-state index in [-0.39, 0.29) is 5.91 Å².